The molecule has 5 heteroatoms. The molecule has 0 saturated heterocycles. The van der Waals surface area contributed by atoms with Gasteiger partial charge in [0.2, 0.25) is 0 Å². The Morgan fingerprint density at radius 1 is 0.528 bits per heavy atom. The van der Waals surface area contributed by atoms with E-state index in [9.17, 15) is 5.11 Å². The van der Waals surface area contributed by atoms with Gasteiger partial charge >= 0.3 is 0 Å². The second-order valence-electron chi connectivity index (χ2n) is 9.56. The molecule has 5 rings (SSSR count). The lowest BCUT2D eigenvalue weighted by Crippen LogP contribution is -2.02. The molecule has 0 bridgehead atoms. The number of hydrogen-bond donors (Lipinski definition) is 1. The molecule has 0 aliphatic heterocycles. The van der Waals surface area contributed by atoms with Crippen LogP contribution in [0.2, 0.25) is 0 Å². The molecule has 5 aromatic rings. The summed E-state index contributed by atoms with van der Waals surface area (Å²) in [6.07, 6.45) is 0. The van der Waals surface area contributed by atoms with E-state index < -0.39 is 0 Å². The molecule has 2 aromatic heterocycles. The summed E-state index contributed by atoms with van der Waals surface area (Å²) in [6, 6.07) is 24.8. The van der Waals surface area contributed by atoms with E-state index in [1.54, 1.807) is 10.7 Å². The van der Waals surface area contributed by atoms with Gasteiger partial charge in [0.25, 0.3) is 0 Å². The predicted octanol–water partition coefficient (Wildman–Crippen LogP) is 7.28. The zero-order chi connectivity index (χ0) is 26.0. The lowest BCUT2D eigenvalue weighted by atomic mass is 10.0. The van der Waals surface area contributed by atoms with Crippen molar-refractivity contribution in [3.63, 3.8) is 0 Å². The quantitative estimate of drug-likeness (QED) is 0.296. The van der Waals surface area contributed by atoms with Crippen molar-refractivity contribution >= 4 is 0 Å². The molecule has 0 spiro atoms. The second kappa shape index (κ2) is 10.2. The van der Waals surface area contributed by atoms with E-state index in [4.69, 9.17) is 0 Å². The molecule has 2 heterocycles. The van der Waals surface area contributed by atoms with Gasteiger partial charge in [-0.1, -0.05) is 48.0 Å². The van der Waals surface area contributed by atoms with Gasteiger partial charge in [-0.15, -0.1) is 0 Å². The number of nitrogens with zero attached hydrogens (tertiary/aromatic N) is 4. The summed E-state index contributed by atoms with van der Waals surface area (Å²) in [4.78, 5) is 0. The SMILES string of the molecule is Cc1ccc(-c2ccc(C)cc2-n2nc(C)cc2C)cc1.Cc1ccc(O)c(-n2nc(C)cc2C)c1. The van der Waals surface area contributed by atoms with Crippen LogP contribution in [0.4, 0.5) is 0 Å². The number of hydrogen-bond acceptors (Lipinski definition) is 3. The Morgan fingerprint density at radius 2 is 1.00 bits per heavy atom. The first-order valence-electron chi connectivity index (χ1n) is 12.2. The molecular weight excluding hydrogens is 444 g/mol. The summed E-state index contributed by atoms with van der Waals surface area (Å²) in [5, 5.41) is 18.7. The lowest BCUT2D eigenvalue weighted by Gasteiger charge is -2.13. The molecule has 3 aromatic carbocycles. The van der Waals surface area contributed by atoms with Gasteiger partial charge in [-0.05, 0) is 95.5 Å². The maximum absolute atomic E-state index is 9.76. The number of benzene rings is 3. The number of aromatic hydroxyl groups is 1. The summed E-state index contributed by atoms with van der Waals surface area (Å²) in [5.74, 6) is 0.256. The maximum Gasteiger partial charge on any atom is 0.141 e. The zero-order valence-corrected chi connectivity index (χ0v) is 22.2. The first-order valence-corrected chi connectivity index (χ1v) is 12.2. The van der Waals surface area contributed by atoms with Gasteiger partial charge in [-0.3, -0.25) is 0 Å². The monoisotopic (exact) mass is 478 g/mol. The van der Waals surface area contributed by atoms with Crippen LogP contribution in [0.15, 0.2) is 72.8 Å². The summed E-state index contributed by atoms with van der Waals surface area (Å²) in [5.41, 5.74) is 12.1. The molecule has 0 saturated carbocycles. The Bertz CT molecular complexity index is 1510. The van der Waals surface area contributed by atoms with Gasteiger partial charge in [-0.25, -0.2) is 9.36 Å². The van der Waals surface area contributed by atoms with Crippen LogP contribution < -0.4 is 0 Å². The van der Waals surface area contributed by atoms with E-state index in [2.05, 4.69) is 79.5 Å². The molecule has 0 unspecified atom stereocenters. The van der Waals surface area contributed by atoms with Crippen LogP contribution >= 0.6 is 0 Å². The third-order valence-corrected chi connectivity index (χ3v) is 6.12. The molecule has 0 aliphatic rings. The van der Waals surface area contributed by atoms with Gasteiger partial charge in [0, 0.05) is 17.0 Å². The van der Waals surface area contributed by atoms with Crippen LogP contribution in [0, 0.1) is 48.5 Å². The minimum atomic E-state index is 0.256. The van der Waals surface area contributed by atoms with Crippen LogP contribution in [0.5, 0.6) is 5.75 Å². The summed E-state index contributed by atoms with van der Waals surface area (Å²) in [6.45, 7) is 14.3. The first kappa shape index (κ1) is 25.0. The fourth-order valence-corrected chi connectivity index (χ4v) is 4.34. The fraction of sp³-hybridized carbons (Fsp3) is 0.226. The van der Waals surface area contributed by atoms with Gasteiger partial charge < -0.3 is 5.11 Å². The Kier molecular flexibility index (Phi) is 7.11. The summed E-state index contributed by atoms with van der Waals surface area (Å²) in [7, 11) is 0. The van der Waals surface area contributed by atoms with Crippen LogP contribution in [0.3, 0.4) is 0 Å². The fourth-order valence-electron chi connectivity index (χ4n) is 4.34. The minimum absolute atomic E-state index is 0.256. The van der Waals surface area contributed by atoms with Gasteiger partial charge in [0.05, 0.1) is 17.1 Å². The molecule has 0 radical (unpaired) electrons. The maximum atomic E-state index is 9.76. The lowest BCUT2D eigenvalue weighted by molar-refractivity contribution is 0.469. The molecule has 0 fully saturated rings. The Labute approximate surface area is 213 Å². The molecule has 5 nitrogen and oxygen atoms in total. The van der Waals surface area contributed by atoms with E-state index in [0.717, 1.165) is 39.7 Å². The second-order valence-corrected chi connectivity index (χ2v) is 9.56. The van der Waals surface area contributed by atoms with Crippen molar-refractivity contribution in [2.45, 2.75) is 48.5 Å². The van der Waals surface area contributed by atoms with E-state index >= 15 is 0 Å². The number of aryl methyl sites for hydroxylation is 7. The Morgan fingerprint density at radius 3 is 1.53 bits per heavy atom. The van der Waals surface area contributed by atoms with Crippen molar-refractivity contribution in [2.75, 3.05) is 0 Å². The van der Waals surface area contributed by atoms with Crippen molar-refractivity contribution < 1.29 is 5.11 Å². The van der Waals surface area contributed by atoms with Crippen LogP contribution in [0.1, 0.15) is 39.5 Å². The van der Waals surface area contributed by atoms with E-state index in [1.807, 2.05) is 50.6 Å². The average molecular weight is 479 g/mol. The molecule has 0 atom stereocenters. The molecule has 184 valence electrons. The highest BCUT2D eigenvalue weighted by Crippen LogP contribution is 2.29. The summed E-state index contributed by atoms with van der Waals surface area (Å²) < 4.78 is 3.80. The van der Waals surface area contributed by atoms with Crippen LogP contribution in [-0.4, -0.2) is 24.7 Å². The molecule has 0 amide bonds. The smallest absolute Gasteiger partial charge is 0.141 e. The third-order valence-electron chi connectivity index (χ3n) is 6.12. The summed E-state index contributed by atoms with van der Waals surface area (Å²) >= 11 is 0. The molecule has 36 heavy (non-hydrogen) atoms. The molecule has 1 N–H and O–H groups in total. The number of aromatic nitrogens is 4. The van der Waals surface area contributed by atoms with Crippen molar-refractivity contribution in [1.29, 1.82) is 0 Å². The normalized spacial score (nSPS) is 10.8. The van der Waals surface area contributed by atoms with Crippen molar-refractivity contribution in [3.8, 4) is 28.3 Å². The zero-order valence-electron chi connectivity index (χ0n) is 22.2. The Hall–Kier alpha value is -4.12. The standard InChI is InChI=1S/C19H20N2.C12H14N2O/c1-13-5-8-17(9-6-13)18-10-7-14(2)11-19(18)21-16(4)12-15(3)20-21;1-8-4-5-12(15)11(6-8)14-10(3)7-9(2)13-14/h5-12H,1-4H3;4-7,15H,1-3H3. The topological polar surface area (TPSA) is 55.9 Å². The highest BCUT2D eigenvalue weighted by Gasteiger charge is 2.11. The van der Waals surface area contributed by atoms with Gasteiger partial charge in [0.1, 0.15) is 11.4 Å². The van der Waals surface area contributed by atoms with Crippen LogP contribution in [-0.2, 0) is 0 Å². The Balaban J connectivity index is 0.000000179. The van der Waals surface area contributed by atoms with Gasteiger partial charge in [0.15, 0.2) is 0 Å². The van der Waals surface area contributed by atoms with Crippen molar-refractivity contribution in [1.82, 2.24) is 19.6 Å². The number of phenols is 1. The molecular formula is C31H34N4O. The predicted molar refractivity (Wildman–Crippen MR) is 147 cm³/mol. The van der Waals surface area contributed by atoms with E-state index in [-0.39, 0.29) is 5.75 Å². The van der Waals surface area contributed by atoms with Crippen molar-refractivity contribution in [3.05, 3.63) is 112 Å². The highest BCUT2D eigenvalue weighted by atomic mass is 16.3. The first-order chi connectivity index (χ1) is 17.1. The van der Waals surface area contributed by atoms with E-state index in [0.29, 0.717) is 0 Å². The largest absolute Gasteiger partial charge is 0.506 e. The van der Waals surface area contributed by atoms with Crippen LogP contribution in [0.25, 0.3) is 22.5 Å². The van der Waals surface area contributed by atoms with E-state index in [1.165, 1.54) is 22.3 Å². The third kappa shape index (κ3) is 5.41. The number of phenolic OH excluding ortho intramolecular Hbond substituents is 1. The average Bonchev–Trinajstić information content (AvgIpc) is 3.35. The minimum Gasteiger partial charge on any atom is -0.506 e. The number of rotatable bonds is 3. The van der Waals surface area contributed by atoms with Crippen molar-refractivity contribution in [2.24, 2.45) is 0 Å². The molecule has 0 aliphatic carbocycles. The highest BCUT2D eigenvalue weighted by molar-refractivity contribution is 5.73. The van der Waals surface area contributed by atoms with Gasteiger partial charge in [-0.2, -0.15) is 10.2 Å².